The van der Waals surface area contributed by atoms with Gasteiger partial charge in [-0.1, -0.05) is 12.1 Å². The van der Waals surface area contributed by atoms with Gasteiger partial charge in [-0.15, -0.1) is 0 Å². The average molecular weight is 303 g/mol. The average Bonchev–Trinajstić information content (AvgIpc) is 3.19. The van der Waals surface area contributed by atoms with Crippen LogP contribution in [0.3, 0.4) is 0 Å². The first-order valence-electron chi connectivity index (χ1n) is 7.21. The number of carbonyl (C=O) groups excluding carboxylic acids is 1. The first-order valence-corrected chi connectivity index (χ1v) is 7.21. The van der Waals surface area contributed by atoms with E-state index in [0.717, 1.165) is 18.7 Å². The van der Waals surface area contributed by atoms with Crippen LogP contribution in [0.25, 0.3) is 0 Å². The van der Waals surface area contributed by atoms with E-state index in [0.29, 0.717) is 23.9 Å². The molecule has 0 unspecified atom stereocenters. The zero-order chi connectivity index (χ0) is 15.7. The smallest absolute Gasteiger partial charge is 0.239 e. The molecule has 116 valence electrons. The summed E-state index contributed by atoms with van der Waals surface area (Å²) in [5, 5.41) is 7.07. The first-order chi connectivity index (χ1) is 10.5. The number of aromatic nitrogens is 3. The van der Waals surface area contributed by atoms with E-state index < -0.39 is 17.8 Å². The third-order valence-corrected chi connectivity index (χ3v) is 3.77. The Labute approximate surface area is 127 Å². The molecule has 1 aliphatic rings. The van der Waals surface area contributed by atoms with Crippen LogP contribution in [0.5, 0.6) is 0 Å². The highest BCUT2D eigenvalue weighted by Gasteiger charge is 2.29. The highest BCUT2D eigenvalue weighted by molar-refractivity contribution is 5.81. The quantitative estimate of drug-likeness (QED) is 0.846. The number of benzene rings is 1. The normalized spacial score (nSPS) is 16.0. The second-order valence-corrected chi connectivity index (χ2v) is 5.69. The largest absolute Gasteiger partial charge is 0.368 e. The topological polar surface area (TPSA) is 87.9 Å². The first kappa shape index (κ1) is 14.6. The predicted molar refractivity (Wildman–Crippen MR) is 78.2 cm³/mol. The Morgan fingerprint density at radius 3 is 2.95 bits per heavy atom. The Morgan fingerprint density at radius 2 is 2.32 bits per heavy atom. The van der Waals surface area contributed by atoms with E-state index in [1.54, 1.807) is 24.1 Å². The minimum absolute atomic E-state index is 0.379. The number of nitrogens with two attached hydrogens (primary N) is 1. The third kappa shape index (κ3) is 3.14. The molecule has 0 aliphatic heterocycles. The molecular formula is C15H18FN5O. The fourth-order valence-electron chi connectivity index (χ4n) is 2.55. The summed E-state index contributed by atoms with van der Waals surface area (Å²) < 4.78 is 13.4. The van der Waals surface area contributed by atoms with E-state index in [9.17, 15) is 9.18 Å². The van der Waals surface area contributed by atoms with Crippen molar-refractivity contribution < 1.29 is 9.18 Å². The van der Waals surface area contributed by atoms with Crippen molar-refractivity contribution in [1.29, 1.82) is 0 Å². The zero-order valence-corrected chi connectivity index (χ0v) is 12.3. The lowest BCUT2D eigenvalue weighted by atomic mass is 10.0. The number of H-pyrrole nitrogens is 1. The molecule has 0 saturated heterocycles. The lowest BCUT2D eigenvalue weighted by Gasteiger charge is -2.24. The summed E-state index contributed by atoms with van der Waals surface area (Å²) in [6.45, 7) is 0.379. The van der Waals surface area contributed by atoms with Crippen LogP contribution in [-0.2, 0) is 11.3 Å². The van der Waals surface area contributed by atoms with Gasteiger partial charge < -0.3 is 5.73 Å². The number of primary amides is 1. The Hall–Kier alpha value is -2.28. The Kier molecular flexibility index (Phi) is 3.89. The summed E-state index contributed by atoms with van der Waals surface area (Å²) >= 11 is 0. The standard InChI is InChI=1S/C15H18FN5O/c1-21(8-12-18-15(20-19-12)9-5-6-9)13(14(17)22)10-3-2-4-11(16)7-10/h2-4,7,9,13H,5-6,8H2,1H3,(H2,17,22)(H,18,19,20)/t13-/m1/s1. The molecule has 1 heterocycles. The lowest BCUT2D eigenvalue weighted by Crippen LogP contribution is -2.35. The number of likely N-dealkylation sites (N-methyl/N-ethyl adjacent to an activating group) is 1. The summed E-state index contributed by atoms with van der Waals surface area (Å²) in [5.74, 6) is 1.03. The molecule has 7 heteroatoms. The van der Waals surface area contributed by atoms with Gasteiger partial charge in [0.25, 0.3) is 0 Å². The highest BCUT2D eigenvalue weighted by Crippen LogP contribution is 2.37. The second-order valence-electron chi connectivity index (χ2n) is 5.69. The number of halogens is 1. The van der Waals surface area contributed by atoms with Crippen molar-refractivity contribution in [1.82, 2.24) is 20.1 Å². The fraction of sp³-hybridized carbons (Fsp3) is 0.400. The van der Waals surface area contributed by atoms with Gasteiger partial charge in [0.1, 0.15) is 17.7 Å². The van der Waals surface area contributed by atoms with Gasteiger partial charge in [0.2, 0.25) is 5.91 Å². The van der Waals surface area contributed by atoms with Crippen molar-refractivity contribution in [3.8, 4) is 0 Å². The molecule has 1 fully saturated rings. The van der Waals surface area contributed by atoms with Crippen LogP contribution >= 0.6 is 0 Å². The fourth-order valence-corrected chi connectivity index (χ4v) is 2.55. The Morgan fingerprint density at radius 1 is 1.55 bits per heavy atom. The number of carbonyl (C=O) groups is 1. The van der Waals surface area contributed by atoms with Gasteiger partial charge in [-0.05, 0) is 37.6 Å². The van der Waals surface area contributed by atoms with E-state index in [1.807, 2.05) is 0 Å². The number of amides is 1. The van der Waals surface area contributed by atoms with E-state index >= 15 is 0 Å². The predicted octanol–water partition coefficient (Wildman–Crippen LogP) is 1.48. The van der Waals surface area contributed by atoms with Gasteiger partial charge in [0.05, 0.1) is 6.54 Å². The summed E-state index contributed by atoms with van der Waals surface area (Å²) in [6.07, 6.45) is 2.25. The molecule has 3 rings (SSSR count). The molecule has 1 amide bonds. The van der Waals surface area contributed by atoms with Gasteiger partial charge in [-0.2, -0.15) is 5.10 Å². The monoisotopic (exact) mass is 303 g/mol. The van der Waals surface area contributed by atoms with Crippen LogP contribution in [-0.4, -0.2) is 33.0 Å². The SMILES string of the molecule is CN(Cc1nc(C2CC2)n[nH]1)[C@@H](C(N)=O)c1cccc(F)c1. The number of hydrogen-bond donors (Lipinski definition) is 2. The summed E-state index contributed by atoms with van der Waals surface area (Å²) in [5.41, 5.74) is 6.01. The van der Waals surface area contributed by atoms with Gasteiger partial charge in [0.15, 0.2) is 5.82 Å². The van der Waals surface area contributed by atoms with Crippen molar-refractivity contribution in [2.75, 3.05) is 7.05 Å². The molecule has 22 heavy (non-hydrogen) atoms. The maximum Gasteiger partial charge on any atom is 0.239 e. The molecule has 0 bridgehead atoms. The van der Waals surface area contributed by atoms with Crippen LogP contribution in [0.15, 0.2) is 24.3 Å². The van der Waals surface area contributed by atoms with Crippen LogP contribution in [0.1, 0.15) is 42.0 Å². The van der Waals surface area contributed by atoms with Gasteiger partial charge in [0, 0.05) is 5.92 Å². The summed E-state index contributed by atoms with van der Waals surface area (Å²) in [7, 11) is 1.75. The van der Waals surface area contributed by atoms with E-state index in [1.165, 1.54) is 12.1 Å². The summed E-state index contributed by atoms with van der Waals surface area (Å²) in [4.78, 5) is 17.9. The van der Waals surface area contributed by atoms with Gasteiger partial charge in [-0.3, -0.25) is 14.8 Å². The molecule has 3 N–H and O–H groups in total. The molecule has 1 atom stereocenters. The van der Waals surface area contributed by atoms with E-state index in [4.69, 9.17) is 5.73 Å². The molecule has 1 aliphatic carbocycles. The maximum absolute atomic E-state index is 13.4. The van der Waals surface area contributed by atoms with Gasteiger partial charge in [-0.25, -0.2) is 9.37 Å². The number of nitrogens with one attached hydrogen (secondary N) is 1. The highest BCUT2D eigenvalue weighted by atomic mass is 19.1. The number of hydrogen-bond acceptors (Lipinski definition) is 4. The summed E-state index contributed by atoms with van der Waals surface area (Å²) in [6, 6.07) is 5.19. The van der Waals surface area contributed by atoms with Gasteiger partial charge >= 0.3 is 0 Å². The van der Waals surface area contributed by atoms with Crippen molar-refractivity contribution >= 4 is 5.91 Å². The van der Waals surface area contributed by atoms with Crippen molar-refractivity contribution in [2.45, 2.75) is 31.3 Å². The van der Waals surface area contributed by atoms with Crippen LogP contribution < -0.4 is 5.73 Å². The zero-order valence-electron chi connectivity index (χ0n) is 12.3. The second kappa shape index (κ2) is 5.84. The minimum Gasteiger partial charge on any atom is -0.368 e. The molecule has 1 aromatic heterocycles. The van der Waals surface area contributed by atoms with E-state index in [-0.39, 0.29) is 0 Å². The van der Waals surface area contributed by atoms with E-state index in [2.05, 4.69) is 15.2 Å². The van der Waals surface area contributed by atoms with Crippen molar-refractivity contribution in [3.63, 3.8) is 0 Å². The molecule has 1 saturated carbocycles. The number of nitrogens with zero attached hydrogens (tertiary/aromatic N) is 3. The lowest BCUT2D eigenvalue weighted by molar-refractivity contribution is -0.123. The van der Waals surface area contributed by atoms with Crippen molar-refractivity contribution in [2.24, 2.45) is 5.73 Å². The molecule has 1 aromatic carbocycles. The Bertz CT molecular complexity index is 682. The molecule has 0 radical (unpaired) electrons. The third-order valence-electron chi connectivity index (χ3n) is 3.77. The van der Waals surface area contributed by atoms with Crippen LogP contribution in [0.2, 0.25) is 0 Å². The van der Waals surface area contributed by atoms with Crippen molar-refractivity contribution in [3.05, 3.63) is 47.3 Å². The molecule has 6 nitrogen and oxygen atoms in total. The number of rotatable bonds is 6. The molecule has 0 spiro atoms. The maximum atomic E-state index is 13.4. The molecular weight excluding hydrogens is 285 g/mol. The van der Waals surface area contributed by atoms with Crippen LogP contribution in [0, 0.1) is 5.82 Å². The van der Waals surface area contributed by atoms with Crippen LogP contribution in [0.4, 0.5) is 4.39 Å². The minimum atomic E-state index is -0.717. The molecule has 2 aromatic rings. The Balaban J connectivity index is 1.76. The number of aromatic amines is 1.